The van der Waals surface area contributed by atoms with Gasteiger partial charge in [-0.2, -0.15) is 0 Å². The van der Waals surface area contributed by atoms with E-state index in [1.807, 2.05) is 11.8 Å². The average molecular weight is 112 g/mol. The van der Waals surface area contributed by atoms with Crippen LogP contribution in [0.5, 0.6) is 0 Å². The number of carbonyl (C=O) groups excluding carboxylic acids is 1. The molecule has 0 amide bonds. The summed E-state index contributed by atoms with van der Waals surface area (Å²) < 4.78 is 0. The second kappa shape index (κ2) is 1.86. The Labute approximate surface area is 49.5 Å². The first kappa shape index (κ1) is 5.76. The van der Waals surface area contributed by atoms with Gasteiger partial charge in [-0.3, -0.25) is 11.8 Å². The molecule has 2 nitrogen and oxygen atoms in total. The van der Waals surface area contributed by atoms with Crippen molar-refractivity contribution in [2.75, 3.05) is 6.54 Å². The van der Waals surface area contributed by atoms with Gasteiger partial charge in [0.25, 0.3) is 0 Å². The van der Waals surface area contributed by atoms with Crippen molar-refractivity contribution in [3.05, 3.63) is 7.05 Å². The van der Waals surface area contributed by atoms with E-state index in [0.717, 1.165) is 6.54 Å². The van der Waals surface area contributed by atoms with E-state index in [4.69, 9.17) is 0 Å². The molecular formula is C6H10NO-. The highest BCUT2D eigenvalue weighted by Gasteiger charge is 2.19. The first-order valence-electron chi connectivity index (χ1n) is 2.81. The van der Waals surface area contributed by atoms with Crippen LogP contribution in [0.4, 0.5) is 0 Å². The highest BCUT2D eigenvalue weighted by atomic mass is 16.1. The second-order valence-corrected chi connectivity index (χ2v) is 2.20. The number of hydrogen-bond donors (Lipinski definition) is 0. The van der Waals surface area contributed by atoms with Crippen molar-refractivity contribution in [3.8, 4) is 0 Å². The molecule has 0 aliphatic carbocycles. The Hall–Kier alpha value is -0.370. The maximum atomic E-state index is 10.7. The largest absolute Gasteiger partial charge is 0.450 e. The van der Waals surface area contributed by atoms with E-state index in [1.54, 1.807) is 0 Å². The monoisotopic (exact) mass is 112 g/mol. The standard InChI is InChI=1S/C6H10NO/c1-5-6(8)3-4-7(5)2/h5H,2-4H2,1H3/q-1/t5-/m0/s1. The molecule has 0 aromatic rings. The minimum Gasteiger partial charge on any atom is -0.450 e. The summed E-state index contributed by atoms with van der Waals surface area (Å²) in [4.78, 5) is 12.5. The Kier molecular flexibility index (Phi) is 1.34. The number of Topliss-reactive ketones (excluding diaryl/α,β-unsaturated/α-hetero) is 1. The van der Waals surface area contributed by atoms with Crippen LogP contribution in [0.3, 0.4) is 0 Å². The van der Waals surface area contributed by atoms with Crippen molar-refractivity contribution in [2.24, 2.45) is 0 Å². The topological polar surface area (TPSA) is 20.3 Å². The lowest BCUT2D eigenvalue weighted by Gasteiger charge is -2.20. The fourth-order valence-corrected chi connectivity index (χ4v) is 0.860. The molecule has 1 atom stereocenters. The molecule has 1 aliphatic heterocycles. The van der Waals surface area contributed by atoms with Crippen LogP contribution in [-0.4, -0.2) is 23.3 Å². The maximum absolute atomic E-state index is 10.7. The molecule has 1 rings (SSSR count). The molecule has 0 bridgehead atoms. The van der Waals surface area contributed by atoms with Crippen molar-refractivity contribution < 1.29 is 4.79 Å². The zero-order valence-electron chi connectivity index (χ0n) is 5.05. The van der Waals surface area contributed by atoms with Crippen molar-refractivity contribution in [1.29, 1.82) is 0 Å². The van der Waals surface area contributed by atoms with Crippen LogP contribution in [-0.2, 0) is 4.79 Å². The summed E-state index contributed by atoms with van der Waals surface area (Å²) in [7, 11) is 3.68. The van der Waals surface area contributed by atoms with Crippen molar-refractivity contribution >= 4 is 5.78 Å². The van der Waals surface area contributed by atoms with E-state index in [-0.39, 0.29) is 6.04 Å². The zero-order valence-corrected chi connectivity index (χ0v) is 5.05. The predicted molar refractivity (Wildman–Crippen MR) is 31.1 cm³/mol. The van der Waals surface area contributed by atoms with Crippen LogP contribution in [0.1, 0.15) is 13.3 Å². The predicted octanol–water partition coefficient (Wildman–Crippen LogP) is 0.441. The van der Waals surface area contributed by atoms with E-state index in [2.05, 4.69) is 7.05 Å². The van der Waals surface area contributed by atoms with Crippen LogP contribution < -0.4 is 0 Å². The molecule has 1 fully saturated rings. The summed E-state index contributed by atoms with van der Waals surface area (Å²) in [6.07, 6.45) is 0.685. The minimum atomic E-state index is 0.0648. The summed E-state index contributed by atoms with van der Waals surface area (Å²) >= 11 is 0. The van der Waals surface area contributed by atoms with E-state index < -0.39 is 0 Å². The quantitative estimate of drug-likeness (QED) is 0.424. The van der Waals surface area contributed by atoms with Crippen LogP contribution in [0.15, 0.2) is 0 Å². The number of ketones is 1. The lowest BCUT2D eigenvalue weighted by molar-refractivity contribution is -0.119. The van der Waals surface area contributed by atoms with Crippen LogP contribution in [0.2, 0.25) is 0 Å². The highest BCUT2D eigenvalue weighted by Crippen LogP contribution is 2.09. The third kappa shape index (κ3) is 0.757. The first-order valence-corrected chi connectivity index (χ1v) is 2.81. The molecule has 8 heavy (non-hydrogen) atoms. The zero-order chi connectivity index (χ0) is 6.15. The van der Waals surface area contributed by atoms with Gasteiger partial charge < -0.3 is 4.90 Å². The maximum Gasteiger partial charge on any atom is 0.148 e. The lowest BCUT2D eigenvalue weighted by Crippen LogP contribution is -2.23. The summed E-state index contributed by atoms with van der Waals surface area (Å²) in [5.74, 6) is 0.319. The Bertz CT molecular complexity index is 111. The molecule has 1 saturated heterocycles. The third-order valence-electron chi connectivity index (χ3n) is 1.66. The molecule has 0 radical (unpaired) electrons. The van der Waals surface area contributed by atoms with E-state index in [0.29, 0.717) is 12.2 Å². The fourth-order valence-electron chi connectivity index (χ4n) is 0.860. The van der Waals surface area contributed by atoms with Gasteiger partial charge in [-0.05, 0) is 13.5 Å². The number of likely N-dealkylation sites (tertiary alicyclic amines) is 1. The van der Waals surface area contributed by atoms with E-state index in [9.17, 15) is 4.79 Å². The van der Waals surface area contributed by atoms with Gasteiger partial charge in [0.05, 0.1) is 0 Å². The molecule has 46 valence electrons. The van der Waals surface area contributed by atoms with Crippen molar-refractivity contribution in [1.82, 2.24) is 4.90 Å². The van der Waals surface area contributed by atoms with Crippen LogP contribution in [0.25, 0.3) is 0 Å². The summed E-state index contributed by atoms with van der Waals surface area (Å²) in [6.45, 7) is 2.72. The third-order valence-corrected chi connectivity index (χ3v) is 1.66. The smallest absolute Gasteiger partial charge is 0.148 e. The van der Waals surface area contributed by atoms with Gasteiger partial charge >= 0.3 is 0 Å². The van der Waals surface area contributed by atoms with Crippen LogP contribution in [0, 0.1) is 7.05 Å². The number of hydrogen-bond acceptors (Lipinski definition) is 2. The molecule has 0 aromatic heterocycles. The Morgan fingerprint density at radius 1 is 1.88 bits per heavy atom. The highest BCUT2D eigenvalue weighted by molar-refractivity contribution is 5.85. The van der Waals surface area contributed by atoms with Crippen molar-refractivity contribution in [2.45, 2.75) is 19.4 Å². The second-order valence-electron chi connectivity index (χ2n) is 2.20. The lowest BCUT2D eigenvalue weighted by atomic mass is 10.2. The minimum absolute atomic E-state index is 0.0648. The average Bonchev–Trinajstić information content (AvgIpc) is 1.98. The molecule has 1 aliphatic rings. The number of rotatable bonds is 0. The van der Waals surface area contributed by atoms with Gasteiger partial charge in [0, 0.05) is 12.5 Å². The molecule has 0 spiro atoms. The number of nitrogens with zero attached hydrogens (tertiary/aromatic N) is 1. The molecule has 1 heterocycles. The molecule has 0 aromatic carbocycles. The van der Waals surface area contributed by atoms with Gasteiger partial charge in [0.2, 0.25) is 0 Å². The van der Waals surface area contributed by atoms with Gasteiger partial charge in [0.15, 0.2) is 0 Å². The Morgan fingerprint density at radius 2 is 2.50 bits per heavy atom. The normalized spacial score (nSPS) is 31.8. The molecule has 0 saturated carbocycles. The van der Waals surface area contributed by atoms with Crippen LogP contribution >= 0.6 is 0 Å². The van der Waals surface area contributed by atoms with E-state index >= 15 is 0 Å². The number of carbonyl (C=O) groups is 1. The Morgan fingerprint density at radius 3 is 2.62 bits per heavy atom. The fraction of sp³-hybridized carbons (Fsp3) is 0.667. The summed E-state index contributed by atoms with van der Waals surface area (Å²) in [5.41, 5.74) is 0. The van der Waals surface area contributed by atoms with Gasteiger partial charge in [0.1, 0.15) is 5.78 Å². The van der Waals surface area contributed by atoms with Gasteiger partial charge in [-0.1, -0.05) is 0 Å². The van der Waals surface area contributed by atoms with Gasteiger partial charge in [-0.25, -0.2) is 0 Å². The van der Waals surface area contributed by atoms with Crippen molar-refractivity contribution in [3.63, 3.8) is 0 Å². The Balaban J connectivity index is 2.56. The first-order chi connectivity index (χ1) is 3.72. The molecule has 2 heteroatoms. The summed E-state index contributed by atoms with van der Waals surface area (Å²) in [5, 5.41) is 0. The summed E-state index contributed by atoms with van der Waals surface area (Å²) in [6, 6.07) is 0.0648. The SMILES string of the molecule is [CH2-]N1CCC(=O)[C@@H]1C. The van der Waals surface area contributed by atoms with Gasteiger partial charge in [-0.15, -0.1) is 0 Å². The molecule has 0 unspecified atom stereocenters. The molecular weight excluding hydrogens is 102 g/mol. The molecule has 0 N–H and O–H groups in total. The van der Waals surface area contributed by atoms with E-state index in [1.165, 1.54) is 0 Å².